The summed E-state index contributed by atoms with van der Waals surface area (Å²) in [5, 5.41) is 4.37. The van der Waals surface area contributed by atoms with Gasteiger partial charge in [-0.1, -0.05) is 29.8 Å². The van der Waals surface area contributed by atoms with E-state index in [0.717, 1.165) is 33.7 Å². The van der Waals surface area contributed by atoms with E-state index in [9.17, 15) is 0 Å². The van der Waals surface area contributed by atoms with Crippen molar-refractivity contribution < 1.29 is 4.74 Å². The normalized spacial score (nSPS) is 10.6. The Hall–Kier alpha value is -2.55. The molecule has 21 heavy (non-hydrogen) atoms. The van der Waals surface area contributed by atoms with Crippen LogP contribution in [0.25, 0.3) is 10.9 Å². The molecule has 2 aromatic carbocycles. The first-order valence-corrected chi connectivity index (χ1v) is 6.95. The molecule has 1 aromatic heterocycles. The van der Waals surface area contributed by atoms with Gasteiger partial charge in [-0.15, -0.1) is 0 Å². The Morgan fingerprint density at radius 3 is 2.48 bits per heavy atom. The van der Waals surface area contributed by atoms with Crippen molar-refractivity contribution in [2.45, 2.75) is 13.8 Å². The third kappa shape index (κ3) is 2.68. The molecule has 1 N–H and O–H groups in total. The number of aromatic nitrogens is 1. The van der Waals surface area contributed by atoms with Crippen molar-refractivity contribution in [2.75, 3.05) is 12.4 Å². The van der Waals surface area contributed by atoms with Crippen LogP contribution >= 0.6 is 0 Å². The molecule has 1 heterocycles. The number of benzene rings is 2. The Bertz CT molecular complexity index is 779. The minimum atomic E-state index is 0.789. The highest BCUT2D eigenvalue weighted by atomic mass is 16.5. The summed E-state index contributed by atoms with van der Waals surface area (Å²) in [6.45, 7) is 4.13. The summed E-state index contributed by atoms with van der Waals surface area (Å²) in [6, 6.07) is 16.3. The van der Waals surface area contributed by atoms with Crippen molar-refractivity contribution in [3.63, 3.8) is 0 Å². The predicted molar refractivity (Wildman–Crippen MR) is 87.5 cm³/mol. The molecule has 106 valence electrons. The lowest BCUT2D eigenvalue weighted by molar-refractivity contribution is 0.419. The van der Waals surface area contributed by atoms with Crippen LogP contribution < -0.4 is 10.1 Å². The van der Waals surface area contributed by atoms with Crippen molar-refractivity contribution in [2.24, 2.45) is 0 Å². The molecule has 0 aliphatic carbocycles. The topological polar surface area (TPSA) is 34.1 Å². The molecule has 0 radical (unpaired) electrons. The Labute approximate surface area is 124 Å². The van der Waals surface area contributed by atoms with Crippen molar-refractivity contribution in [1.29, 1.82) is 0 Å². The first-order valence-electron chi connectivity index (χ1n) is 6.95. The first-order chi connectivity index (χ1) is 10.2. The zero-order valence-electron chi connectivity index (χ0n) is 12.5. The fourth-order valence-electron chi connectivity index (χ4n) is 2.38. The zero-order valence-corrected chi connectivity index (χ0v) is 12.5. The van der Waals surface area contributed by atoms with Crippen molar-refractivity contribution in [1.82, 2.24) is 4.98 Å². The molecule has 3 rings (SSSR count). The number of pyridine rings is 1. The molecule has 0 saturated heterocycles. The van der Waals surface area contributed by atoms with Gasteiger partial charge in [0, 0.05) is 17.1 Å². The average Bonchev–Trinajstić information content (AvgIpc) is 2.50. The van der Waals surface area contributed by atoms with Gasteiger partial charge in [0.1, 0.15) is 11.6 Å². The van der Waals surface area contributed by atoms with Crippen LogP contribution in [0.3, 0.4) is 0 Å². The molecular weight excluding hydrogens is 260 g/mol. The lowest BCUT2D eigenvalue weighted by Crippen LogP contribution is -1.97. The van der Waals surface area contributed by atoms with E-state index in [-0.39, 0.29) is 0 Å². The minimum Gasteiger partial charge on any atom is -0.496 e. The number of rotatable bonds is 3. The van der Waals surface area contributed by atoms with E-state index in [4.69, 9.17) is 9.72 Å². The number of ether oxygens (including phenoxy) is 1. The largest absolute Gasteiger partial charge is 0.496 e. The number of fused-ring (bicyclic) bond motifs is 1. The fourth-order valence-corrected chi connectivity index (χ4v) is 2.38. The number of hydrogen-bond donors (Lipinski definition) is 1. The number of nitrogens with one attached hydrogen (secondary N) is 1. The quantitative estimate of drug-likeness (QED) is 0.760. The van der Waals surface area contributed by atoms with E-state index in [1.807, 2.05) is 30.3 Å². The van der Waals surface area contributed by atoms with Crippen LogP contribution in [0.4, 0.5) is 11.5 Å². The second-order valence-electron chi connectivity index (χ2n) is 5.17. The third-order valence-electron chi connectivity index (χ3n) is 3.55. The van der Waals surface area contributed by atoms with E-state index in [1.165, 1.54) is 5.56 Å². The number of nitrogens with zero attached hydrogens (tertiary/aromatic N) is 1. The van der Waals surface area contributed by atoms with Gasteiger partial charge in [0.05, 0.1) is 12.6 Å². The van der Waals surface area contributed by atoms with Gasteiger partial charge >= 0.3 is 0 Å². The maximum absolute atomic E-state index is 5.50. The van der Waals surface area contributed by atoms with Crippen LogP contribution in [0.1, 0.15) is 11.1 Å². The van der Waals surface area contributed by atoms with E-state index < -0.39 is 0 Å². The summed E-state index contributed by atoms with van der Waals surface area (Å²) in [4.78, 5) is 4.71. The van der Waals surface area contributed by atoms with Crippen LogP contribution in [0.5, 0.6) is 5.75 Å². The number of aryl methyl sites for hydroxylation is 2. The molecule has 0 fully saturated rings. The first kappa shape index (κ1) is 13.4. The summed E-state index contributed by atoms with van der Waals surface area (Å²) >= 11 is 0. The number of hydrogen-bond acceptors (Lipinski definition) is 3. The Morgan fingerprint density at radius 1 is 1.00 bits per heavy atom. The van der Waals surface area contributed by atoms with Gasteiger partial charge in [-0.25, -0.2) is 4.98 Å². The second-order valence-corrected chi connectivity index (χ2v) is 5.17. The molecule has 0 amide bonds. The molecule has 0 unspecified atom stereocenters. The minimum absolute atomic E-state index is 0.789. The predicted octanol–water partition coefficient (Wildman–Crippen LogP) is 4.60. The molecule has 0 saturated carbocycles. The summed E-state index contributed by atoms with van der Waals surface area (Å²) in [5.74, 6) is 1.62. The molecular formula is C18H18N2O. The standard InChI is InChI=1S/C18H18N2O/c1-12-7-9-14(10-8-12)19-17-11-16(21-3)15-6-4-5-13(2)18(15)20-17/h4-11H,1-3H3,(H,19,20). The fraction of sp³-hybridized carbons (Fsp3) is 0.167. The van der Waals surface area contributed by atoms with Crippen LogP contribution in [0.2, 0.25) is 0 Å². The number of anilines is 2. The molecule has 3 nitrogen and oxygen atoms in total. The summed E-state index contributed by atoms with van der Waals surface area (Å²) < 4.78 is 5.50. The van der Waals surface area contributed by atoms with Gasteiger partial charge in [0.2, 0.25) is 0 Å². The Balaban J connectivity index is 2.06. The van der Waals surface area contributed by atoms with E-state index in [1.54, 1.807) is 7.11 Å². The van der Waals surface area contributed by atoms with E-state index in [2.05, 4.69) is 37.4 Å². The molecule has 0 aliphatic heterocycles. The van der Waals surface area contributed by atoms with Crippen LogP contribution in [-0.4, -0.2) is 12.1 Å². The van der Waals surface area contributed by atoms with Gasteiger partial charge in [-0.2, -0.15) is 0 Å². The Morgan fingerprint density at radius 2 is 1.76 bits per heavy atom. The highest BCUT2D eigenvalue weighted by Gasteiger charge is 2.08. The van der Waals surface area contributed by atoms with Gasteiger partial charge in [-0.05, 0) is 37.6 Å². The monoisotopic (exact) mass is 278 g/mol. The molecule has 0 aliphatic rings. The van der Waals surface area contributed by atoms with Crippen LogP contribution in [0.15, 0.2) is 48.5 Å². The lowest BCUT2D eigenvalue weighted by Gasteiger charge is -2.12. The Kier molecular flexibility index (Phi) is 3.48. The second kappa shape index (κ2) is 5.44. The molecule has 0 bridgehead atoms. The maximum atomic E-state index is 5.50. The molecule has 3 heteroatoms. The SMILES string of the molecule is COc1cc(Nc2ccc(C)cc2)nc2c(C)cccc12. The number of para-hydroxylation sites is 1. The summed E-state index contributed by atoms with van der Waals surface area (Å²) in [7, 11) is 1.69. The maximum Gasteiger partial charge on any atom is 0.134 e. The van der Waals surface area contributed by atoms with Crippen molar-refractivity contribution in [3.8, 4) is 5.75 Å². The molecule has 0 spiro atoms. The zero-order chi connectivity index (χ0) is 14.8. The van der Waals surface area contributed by atoms with Gasteiger partial charge in [0.25, 0.3) is 0 Å². The van der Waals surface area contributed by atoms with Gasteiger partial charge in [0.15, 0.2) is 0 Å². The average molecular weight is 278 g/mol. The van der Waals surface area contributed by atoms with Gasteiger partial charge < -0.3 is 10.1 Å². The van der Waals surface area contributed by atoms with Gasteiger partial charge in [-0.3, -0.25) is 0 Å². The summed E-state index contributed by atoms with van der Waals surface area (Å²) in [5.41, 5.74) is 4.35. The molecule has 0 atom stereocenters. The number of methoxy groups -OCH3 is 1. The van der Waals surface area contributed by atoms with Crippen molar-refractivity contribution >= 4 is 22.4 Å². The highest BCUT2D eigenvalue weighted by molar-refractivity contribution is 5.89. The lowest BCUT2D eigenvalue weighted by atomic mass is 10.1. The highest BCUT2D eigenvalue weighted by Crippen LogP contribution is 2.30. The van der Waals surface area contributed by atoms with Crippen molar-refractivity contribution in [3.05, 3.63) is 59.7 Å². The van der Waals surface area contributed by atoms with E-state index >= 15 is 0 Å². The molecule has 3 aromatic rings. The van der Waals surface area contributed by atoms with Crippen LogP contribution in [0, 0.1) is 13.8 Å². The summed E-state index contributed by atoms with van der Waals surface area (Å²) in [6.07, 6.45) is 0. The van der Waals surface area contributed by atoms with Crippen LogP contribution in [-0.2, 0) is 0 Å². The third-order valence-corrected chi connectivity index (χ3v) is 3.55. The van der Waals surface area contributed by atoms with E-state index in [0.29, 0.717) is 0 Å². The smallest absolute Gasteiger partial charge is 0.134 e.